The van der Waals surface area contributed by atoms with Crippen LogP contribution in [0.5, 0.6) is 5.75 Å². The second kappa shape index (κ2) is 6.93. The Bertz CT molecular complexity index is 476. The number of aliphatic carboxylic acids is 1. The smallest absolute Gasteiger partial charge is 0.326 e. The van der Waals surface area contributed by atoms with E-state index in [1.807, 2.05) is 32.0 Å². The van der Waals surface area contributed by atoms with Crippen LogP contribution in [0.1, 0.15) is 25.0 Å². The molecule has 0 aliphatic heterocycles. The maximum Gasteiger partial charge on any atom is 0.326 e. The third-order valence-electron chi connectivity index (χ3n) is 2.81. The van der Waals surface area contributed by atoms with Crippen molar-refractivity contribution in [2.24, 2.45) is 5.92 Å². The topological polar surface area (TPSA) is 75.6 Å². The molecule has 0 spiro atoms. The highest BCUT2D eigenvalue weighted by molar-refractivity contribution is 5.84. The molecule has 20 heavy (non-hydrogen) atoms. The van der Waals surface area contributed by atoms with Crippen molar-refractivity contribution in [2.45, 2.75) is 33.7 Å². The van der Waals surface area contributed by atoms with Gasteiger partial charge in [-0.05, 0) is 43.0 Å². The van der Waals surface area contributed by atoms with Crippen LogP contribution in [0.3, 0.4) is 0 Å². The summed E-state index contributed by atoms with van der Waals surface area (Å²) < 4.78 is 5.38. The first-order chi connectivity index (χ1) is 9.29. The summed E-state index contributed by atoms with van der Waals surface area (Å²) in [6.07, 6.45) is 0. The van der Waals surface area contributed by atoms with Crippen molar-refractivity contribution in [2.75, 3.05) is 6.61 Å². The quantitative estimate of drug-likeness (QED) is 0.834. The molecule has 2 N–H and O–H groups in total. The molecule has 1 aromatic carbocycles. The minimum Gasteiger partial charge on any atom is -0.484 e. The number of carbonyl (C=O) groups is 2. The largest absolute Gasteiger partial charge is 0.484 e. The second-order valence-electron chi connectivity index (χ2n) is 5.24. The number of hydrogen-bond donors (Lipinski definition) is 2. The molecule has 0 heterocycles. The van der Waals surface area contributed by atoms with E-state index in [9.17, 15) is 9.59 Å². The maximum atomic E-state index is 11.7. The predicted octanol–water partition coefficient (Wildman–Crippen LogP) is 1.91. The normalized spacial score (nSPS) is 12.1. The van der Waals surface area contributed by atoms with Gasteiger partial charge in [-0.15, -0.1) is 0 Å². The molecule has 1 amide bonds. The van der Waals surface area contributed by atoms with E-state index in [4.69, 9.17) is 9.84 Å². The van der Waals surface area contributed by atoms with Gasteiger partial charge in [-0.1, -0.05) is 19.9 Å². The molecule has 0 saturated heterocycles. The summed E-state index contributed by atoms with van der Waals surface area (Å²) in [5, 5.41) is 11.4. The Morgan fingerprint density at radius 2 is 1.75 bits per heavy atom. The molecule has 0 radical (unpaired) electrons. The number of rotatable bonds is 6. The Hall–Kier alpha value is -2.04. The van der Waals surface area contributed by atoms with Crippen molar-refractivity contribution in [3.05, 3.63) is 29.3 Å². The maximum absolute atomic E-state index is 11.7. The van der Waals surface area contributed by atoms with Crippen LogP contribution in [0.25, 0.3) is 0 Å². The highest BCUT2D eigenvalue weighted by Gasteiger charge is 2.23. The molecule has 1 atom stereocenters. The summed E-state index contributed by atoms with van der Waals surface area (Å²) in [6, 6.07) is 4.77. The van der Waals surface area contributed by atoms with Crippen LogP contribution < -0.4 is 10.1 Å². The van der Waals surface area contributed by atoms with Gasteiger partial charge in [0, 0.05) is 0 Å². The Labute approximate surface area is 118 Å². The fraction of sp³-hybridized carbons (Fsp3) is 0.467. The van der Waals surface area contributed by atoms with E-state index < -0.39 is 17.9 Å². The zero-order chi connectivity index (χ0) is 15.3. The molecule has 1 rings (SSSR count). The van der Waals surface area contributed by atoms with Crippen LogP contribution in [0.4, 0.5) is 0 Å². The van der Waals surface area contributed by atoms with E-state index in [0.29, 0.717) is 5.75 Å². The van der Waals surface area contributed by atoms with Gasteiger partial charge < -0.3 is 15.2 Å². The molecule has 5 heteroatoms. The lowest BCUT2D eigenvalue weighted by Gasteiger charge is -2.18. The molecular weight excluding hydrogens is 258 g/mol. The lowest BCUT2D eigenvalue weighted by atomic mass is 10.1. The third kappa shape index (κ3) is 4.91. The number of benzene rings is 1. The molecular formula is C15H21NO4. The molecule has 0 bridgehead atoms. The van der Waals surface area contributed by atoms with Gasteiger partial charge in [-0.25, -0.2) is 4.79 Å². The van der Waals surface area contributed by atoms with E-state index >= 15 is 0 Å². The first-order valence-corrected chi connectivity index (χ1v) is 6.53. The van der Waals surface area contributed by atoms with Crippen molar-refractivity contribution in [3.63, 3.8) is 0 Å². The number of hydrogen-bond acceptors (Lipinski definition) is 3. The summed E-state index contributed by atoms with van der Waals surface area (Å²) in [7, 11) is 0. The highest BCUT2D eigenvalue weighted by Crippen LogP contribution is 2.16. The summed E-state index contributed by atoms with van der Waals surface area (Å²) in [5.74, 6) is -1.06. The van der Waals surface area contributed by atoms with Gasteiger partial charge in [0.15, 0.2) is 6.61 Å². The zero-order valence-corrected chi connectivity index (χ0v) is 12.3. The van der Waals surface area contributed by atoms with E-state index in [-0.39, 0.29) is 12.5 Å². The molecule has 0 saturated carbocycles. The van der Waals surface area contributed by atoms with Crippen LogP contribution in [-0.2, 0) is 9.59 Å². The SMILES string of the molecule is Cc1cc(C)cc(OCC(=O)N[C@@H](C(=O)O)C(C)C)c1. The lowest BCUT2D eigenvalue weighted by molar-refractivity contribution is -0.143. The molecule has 0 fully saturated rings. The van der Waals surface area contributed by atoms with Crippen molar-refractivity contribution in [1.82, 2.24) is 5.32 Å². The minimum atomic E-state index is -1.04. The first-order valence-electron chi connectivity index (χ1n) is 6.53. The fourth-order valence-electron chi connectivity index (χ4n) is 1.89. The van der Waals surface area contributed by atoms with Gasteiger partial charge in [0.2, 0.25) is 0 Å². The third-order valence-corrected chi connectivity index (χ3v) is 2.81. The van der Waals surface area contributed by atoms with Crippen LogP contribution in [0.15, 0.2) is 18.2 Å². The van der Waals surface area contributed by atoms with Gasteiger partial charge >= 0.3 is 5.97 Å². The standard InChI is InChI=1S/C15H21NO4/c1-9(2)14(15(18)19)16-13(17)8-20-12-6-10(3)5-11(4)7-12/h5-7,9,14H,8H2,1-4H3,(H,16,17)(H,18,19)/t14-/m1/s1. The molecule has 0 unspecified atom stereocenters. The first kappa shape index (κ1) is 16.0. The lowest BCUT2D eigenvalue weighted by Crippen LogP contribution is -2.46. The second-order valence-corrected chi connectivity index (χ2v) is 5.24. The number of nitrogens with one attached hydrogen (secondary N) is 1. The number of carboxylic acids is 1. The van der Waals surface area contributed by atoms with Gasteiger partial charge in [-0.2, -0.15) is 0 Å². The summed E-state index contributed by atoms with van der Waals surface area (Å²) in [4.78, 5) is 22.7. The van der Waals surface area contributed by atoms with Crippen LogP contribution in [-0.4, -0.2) is 29.6 Å². The van der Waals surface area contributed by atoms with Crippen LogP contribution in [0.2, 0.25) is 0 Å². The predicted molar refractivity (Wildman–Crippen MR) is 75.8 cm³/mol. The van der Waals surface area contributed by atoms with Crippen molar-refractivity contribution in [3.8, 4) is 5.75 Å². The van der Waals surface area contributed by atoms with E-state index in [1.165, 1.54) is 0 Å². The molecule has 0 aliphatic rings. The number of carboxylic acid groups (broad SMARTS) is 1. The Kier molecular flexibility index (Phi) is 5.55. The average molecular weight is 279 g/mol. The van der Waals surface area contributed by atoms with Crippen molar-refractivity contribution in [1.29, 1.82) is 0 Å². The summed E-state index contributed by atoms with van der Waals surface area (Å²) >= 11 is 0. The minimum absolute atomic E-state index is 0.183. The fourth-order valence-corrected chi connectivity index (χ4v) is 1.89. The number of amides is 1. The van der Waals surface area contributed by atoms with E-state index in [2.05, 4.69) is 5.32 Å². The van der Waals surface area contributed by atoms with Gasteiger partial charge in [-0.3, -0.25) is 4.79 Å². The van der Waals surface area contributed by atoms with Crippen molar-refractivity contribution < 1.29 is 19.4 Å². The number of ether oxygens (including phenoxy) is 1. The summed E-state index contributed by atoms with van der Waals surface area (Å²) in [6.45, 7) is 7.17. The van der Waals surface area contributed by atoms with Gasteiger partial charge in [0.1, 0.15) is 11.8 Å². The Morgan fingerprint density at radius 3 is 2.20 bits per heavy atom. The molecule has 1 aromatic rings. The zero-order valence-electron chi connectivity index (χ0n) is 12.3. The van der Waals surface area contributed by atoms with Gasteiger partial charge in [0.25, 0.3) is 5.91 Å². The monoisotopic (exact) mass is 279 g/mol. The molecule has 5 nitrogen and oxygen atoms in total. The Morgan fingerprint density at radius 1 is 1.20 bits per heavy atom. The van der Waals surface area contributed by atoms with E-state index in [0.717, 1.165) is 11.1 Å². The average Bonchev–Trinajstić information content (AvgIpc) is 2.31. The van der Waals surface area contributed by atoms with Crippen LogP contribution in [0, 0.1) is 19.8 Å². The van der Waals surface area contributed by atoms with Crippen molar-refractivity contribution >= 4 is 11.9 Å². The van der Waals surface area contributed by atoms with E-state index in [1.54, 1.807) is 13.8 Å². The van der Waals surface area contributed by atoms with Crippen LogP contribution >= 0.6 is 0 Å². The molecule has 0 aliphatic carbocycles. The Balaban J connectivity index is 2.56. The molecule has 0 aromatic heterocycles. The highest BCUT2D eigenvalue weighted by atomic mass is 16.5. The number of aryl methyl sites for hydroxylation is 2. The summed E-state index contributed by atoms with van der Waals surface area (Å²) in [5.41, 5.74) is 2.09. The molecule has 110 valence electrons. The number of carbonyl (C=O) groups excluding carboxylic acids is 1. The van der Waals surface area contributed by atoms with Gasteiger partial charge in [0.05, 0.1) is 0 Å².